The minimum absolute atomic E-state index is 0.0977. The molecule has 0 unspecified atom stereocenters. The summed E-state index contributed by atoms with van der Waals surface area (Å²) in [7, 11) is 0. The van der Waals surface area contributed by atoms with Gasteiger partial charge in [0.15, 0.2) is 0 Å². The lowest BCUT2D eigenvalue weighted by Gasteiger charge is -2.32. The molecule has 2 bridgehead atoms. The van der Waals surface area contributed by atoms with Crippen molar-refractivity contribution in [1.82, 2.24) is 9.80 Å². The molecule has 2 aliphatic carbocycles. The number of nitrogens with zero attached hydrogens (tertiary/aromatic N) is 2. The van der Waals surface area contributed by atoms with Gasteiger partial charge in [-0.2, -0.15) is 0 Å². The summed E-state index contributed by atoms with van der Waals surface area (Å²) in [6, 6.07) is 8.96. The molecule has 0 spiro atoms. The van der Waals surface area contributed by atoms with Crippen LogP contribution in [-0.2, 0) is 20.8 Å². The molecule has 3 aliphatic rings. The van der Waals surface area contributed by atoms with Gasteiger partial charge in [0.25, 0.3) is 0 Å². The van der Waals surface area contributed by atoms with E-state index in [0.29, 0.717) is 19.5 Å². The number of allylic oxidation sites excluding steroid dienone is 2. The van der Waals surface area contributed by atoms with Crippen LogP contribution < -0.4 is 0 Å². The lowest BCUT2D eigenvalue weighted by atomic mass is 9.85. The lowest BCUT2D eigenvalue weighted by Crippen LogP contribution is -2.53. The first kappa shape index (κ1) is 19.9. The van der Waals surface area contributed by atoms with Gasteiger partial charge in [0.1, 0.15) is 6.04 Å². The maximum Gasteiger partial charge on any atom is 0.246 e. The molecular formula is C24H30N2O3. The van der Waals surface area contributed by atoms with Gasteiger partial charge in [-0.3, -0.25) is 19.3 Å². The second-order valence-corrected chi connectivity index (χ2v) is 8.58. The van der Waals surface area contributed by atoms with Crippen molar-refractivity contribution in [3.05, 3.63) is 48.0 Å². The predicted molar refractivity (Wildman–Crippen MR) is 111 cm³/mol. The SMILES string of the molecule is CCCN(CCC)C(=O)[C@H](Cc1ccccc1)N1C(=O)[C@H]2[C@H](C1=O)[C@H]1C=C[C@H]2C1. The van der Waals surface area contributed by atoms with Crippen LogP contribution in [0.2, 0.25) is 0 Å². The summed E-state index contributed by atoms with van der Waals surface area (Å²) in [5, 5.41) is 0. The van der Waals surface area contributed by atoms with Crippen LogP contribution in [0.15, 0.2) is 42.5 Å². The number of rotatable bonds is 8. The van der Waals surface area contributed by atoms with Crippen molar-refractivity contribution in [2.75, 3.05) is 13.1 Å². The molecule has 1 saturated heterocycles. The van der Waals surface area contributed by atoms with Crippen LogP contribution in [0.5, 0.6) is 0 Å². The number of amides is 3. The van der Waals surface area contributed by atoms with Crippen molar-refractivity contribution in [3.63, 3.8) is 0 Å². The van der Waals surface area contributed by atoms with E-state index >= 15 is 0 Å². The highest BCUT2D eigenvalue weighted by Gasteiger charge is 2.61. The fourth-order valence-electron chi connectivity index (χ4n) is 5.44. The molecule has 1 aromatic rings. The van der Waals surface area contributed by atoms with Gasteiger partial charge in [-0.25, -0.2) is 0 Å². The van der Waals surface area contributed by atoms with E-state index in [0.717, 1.165) is 24.8 Å². The van der Waals surface area contributed by atoms with E-state index < -0.39 is 6.04 Å². The standard InChI is InChI=1S/C24H30N2O3/c1-3-12-25(13-4-2)22(27)19(14-16-8-6-5-7-9-16)26-23(28)20-17-10-11-18(15-17)21(20)24(26)29/h5-11,17-21H,3-4,12-15H2,1-2H3/t17-,18-,19-,20+,21+/m0/s1. The molecule has 5 heteroatoms. The summed E-state index contributed by atoms with van der Waals surface area (Å²) in [5.74, 6) is -0.607. The molecule has 0 aromatic heterocycles. The summed E-state index contributed by atoms with van der Waals surface area (Å²) in [4.78, 5) is 43.5. The molecule has 1 aliphatic heterocycles. The third-order valence-electron chi connectivity index (χ3n) is 6.67. The van der Waals surface area contributed by atoms with Crippen LogP contribution in [-0.4, -0.2) is 46.7 Å². The number of fused-ring (bicyclic) bond motifs is 5. The van der Waals surface area contributed by atoms with Gasteiger partial charge < -0.3 is 4.90 Å². The maximum absolute atomic E-state index is 13.6. The van der Waals surface area contributed by atoms with E-state index in [1.807, 2.05) is 49.1 Å². The van der Waals surface area contributed by atoms with E-state index in [1.165, 1.54) is 4.90 Å². The summed E-state index contributed by atoms with van der Waals surface area (Å²) in [6.07, 6.45) is 7.17. The number of imide groups is 1. The molecule has 1 aromatic carbocycles. The van der Waals surface area contributed by atoms with Crippen LogP contribution in [0.3, 0.4) is 0 Å². The number of benzene rings is 1. The van der Waals surface area contributed by atoms with Crippen molar-refractivity contribution < 1.29 is 14.4 Å². The number of hydrogen-bond donors (Lipinski definition) is 0. The van der Waals surface area contributed by atoms with Gasteiger partial charge in [0.05, 0.1) is 11.8 Å². The zero-order valence-electron chi connectivity index (χ0n) is 17.3. The molecule has 3 amide bonds. The maximum atomic E-state index is 13.6. The Kier molecular flexibility index (Phi) is 5.57. The van der Waals surface area contributed by atoms with Crippen LogP contribution in [0.1, 0.15) is 38.7 Å². The molecule has 1 heterocycles. The fraction of sp³-hybridized carbons (Fsp3) is 0.542. The number of carbonyl (C=O) groups is 3. The van der Waals surface area contributed by atoms with Crippen molar-refractivity contribution in [2.45, 2.75) is 45.6 Å². The molecular weight excluding hydrogens is 364 g/mol. The third-order valence-corrected chi connectivity index (χ3v) is 6.67. The quantitative estimate of drug-likeness (QED) is 0.503. The fourth-order valence-corrected chi connectivity index (χ4v) is 5.44. The van der Waals surface area contributed by atoms with Gasteiger partial charge in [-0.1, -0.05) is 56.3 Å². The second kappa shape index (κ2) is 8.13. The summed E-state index contributed by atoms with van der Waals surface area (Å²) >= 11 is 0. The van der Waals surface area contributed by atoms with Gasteiger partial charge in [-0.15, -0.1) is 0 Å². The van der Waals surface area contributed by atoms with Gasteiger partial charge in [0.2, 0.25) is 17.7 Å². The van der Waals surface area contributed by atoms with E-state index in [9.17, 15) is 14.4 Å². The van der Waals surface area contributed by atoms with Crippen LogP contribution in [0.25, 0.3) is 0 Å². The van der Waals surface area contributed by atoms with Crippen LogP contribution in [0.4, 0.5) is 0 Å². The van der Waals surface area contributed by atoms with Crippen molar-refractivity contribution >= 4 is 17.7 Å². The zero-order chi connectivity index (χ0) is 20.5. The Labute approximate surface area is 172 Å². The highest BCUT2D eigenvalue weighted by molar-refractivity contribution is 6.09. The lowest BCUT2D eigenvalue weighted by molar-refractivity contribution is -0.152. The molecule has 0 radical (unpaired) electrons. The highest BCUT2D eigenvalue weighted by Crippen LogP contribution is 2.53. The van der Waals surface area contributed by atoms with Crippen molar-refractivity contribution in [2.24, 2.45) is 23.7 Å². The van der Waals surface area contributed by atoms with E-state index in [-0.39, 0.29) is 41.4 Å². The predicted octanol–water partition coefficient (Wildman–Crippen LogP) is 3.05. The minimum atomic E-state index is -0.750. The third kappa shape index (κ3) is 3.41. The Hall–Kier alpha value is -2.43. The average molecular weight is 395 g/mol. The minimum Gasteiger partial charge on any atom is -0.341 e. The van der Waals surface area contributed by atoms with Gasteiger partial charge in [0, 0.05) is 19.5 Å². The summed E-state index contributed by atoms with van der Waals surface area (Å²) < 4.78 is 0. The molecule has 5 atom stereocenters. The molecule has 0 N–H and O–H groups in total. The number of hydrogen-bond acceptors (Lipinski definition) is 3. The first-order chi connectivity index (χ1) is 14.1. The molecule has 5 nitrogen and oxygen atoms in total. The molecule has 4 rings (SSSR count). The van der Waals surface area contributed by atoms with Crippen molar-refractivity contribution in [3.8, 4) is 0 Å². The molecule has 1 saturated carbocycles. The topological polar surface area (TPSA) is 57.7 Å². The summed E-state index contributed by atoms with van der Waals surface area (Å²) in [5.41, 5.74) is 0.970. The van der Waals surface area contributed by atoms with Gasteiger partial charge in [-0.05, 0) is 36.7 Å². The Bertz CT molecular complexity index is 783. The number of carbonyl (C=O) groups excluding carboxylic acids is 3. The first-order valence-electron chi connectivity index (χ1n) is 10.9. The van der Waals surface area contributed by atoms with E-state index in [4.69, 9.17) is 0 Å². The Morgan fingerprint density at radius 2 is 1.55 bits per heavy atom. The summed E-state index contributed by atoms with van der Waals surface area (Å²) in [6.45, 7) is 5.38. The Balaban J connectivity index is 1.66. The molecule has 154 valence electrons. The number of likely N-dealkylation sites (tertiary alicyclic amines) is 1. The monoisotopic (exact) mass is 394 g/mol. The van der Waals surface area contributed by atoms with Gasteiger partial charge >= 0.3 is 0 Å². The van der Waals surface area contributed by atoms with E-state index in [1.54, 1.807) is 0 Å². The average Bonchev–Trinajstić information content (AvgIpc) is 3.41. The zero-order valence-corrected chi connectivity index (χ0v) is 17.3. The Morgan fingerprint density at radius 1 is 1.00 bits per heavy atom. The van der Waals surface area contributed by atoms with Crippen LogP contribution in [0, 0.1) is 23.7 Å². The van der Waals surface area contributed by atoms with Crippen molar-refractivity contribution in [1.29, 1.82) is 0 Å². The normalized spacial score (nSPS) is 28.1. The van der Waals surface area contributed by atoms with Crippen LogP contribution >= 0.6 is 0 Å². The molecule has 2 fully saturated rings. The smallest absolute Gasteiger partial charge is 0.246 e. The Morgan fingerprint density at radius 3 is 2.07 bits per heavy atom. The second-order valence-electron chi connectivity index (χ2n) is 8.58. The van der Waals surface area contributed by atoms with E-state index in [2.05, 4.69) is 12.2 Å². The highest BCUT2D eigenvalue weighted by atomic mass is 16.2. The first-order valence-corrected chi connectivity index (χ1v) is 10.9. The molecule has 29 heavy (non-hydrogen) atoms. The largest absolute Gasteiger partial charge is 0.341 e.